The van der Waals surface area contributed by atoms with E-state index in [9.17, 15) is 4.79 Å². The van der Waals surface area contributed by atoms with Gasteiger partial charge in [0.15, 0.2) is 0 Å². The molecule has 2 N–H and O–H groups in total. The van der Waals surface area contributed by atoms with E-state index in [1.165, 1.54) is 10.9 Å². The van der Waals surface area contributed by atoms with Gasteiger partial charge in [-0.05, 0) is 41.8 Å². The monoisotopic (exact) mass is 292 g/mol. The van der Waals surface area contributed by atoms with Crippen molar-refractivity contribution in [2.24, 2.45) is 7.05 Å². The Morgan fingerprint density at radius 3 is 2.64 bits per heavy atom. The molecule has 0 spiro atoms. The minimum atomic E-state index is -0.884. The van der Waals surface area contributed by atoms with Crippen LogP contribution in [-0.4, -0.2) is 20.6 Å². The zero-order valence-corrected chi connectivity index (χ0v) is 12.2. The van der Waals surface area contributed by atoms with Gasteiger partial charge in [0.05, 0.1) is 5.56 Å². The maximum atomic E-state index is 10.6. The molecular formula is C18H16N2O2. The zero-order chi connectivity index (χ0) is 15.5. The lowest BCUT2D eigenvalue weighted by Crippen LogP contribution is -1.95. The van der Waals surface area contributed by atoms with Crippen LogP contribution in [0.2, 0.25) is 0 Å². The summed E-state index contributed by atoms with van der Waals surface area (Å²) in [5.74, 6) is -0.884. The lowest BCUT2D eigenvalue weighted by Gasteiger charge is -1.97. The first kappa shape index (κ1) is 13.9. The molecule has 4 heteroatoms. The summed E-state index contributed by atoms with van der Waals surface area (Å²) in [5, 5.41) is 11.0. The van der Waals surface area contributed by atoms with Crippen molar-refractivity contribution < 1.29 is 9.90 Å². The van der Waals surface area contributed by atoms with Crippen LogP contribution in [0.15, 0.2) is 67.0 Å². The van der Waals surface area contributed by atoms with Crippen molar-refractivity contribution in [2.45, 2.75) is 0 Å². The van der Waals surface area contributed by atoms with Gasteiger partial charge in [0, 0.05) is 35.9 Å². The van der Waals surface area contributed by atoms with E-state index in [-0.39, 0.29) is 0 Å². The molecule has 0 bridgehead atoms. The fourth-order valence-corrected chi connectivity index (χ4v) is 2.41. The molecule has 0 saturated heterocycles. The first-order chi connectivity index (χ1) is 10.6. The van der Waals surface area contributed by atoms with E-state index in [0.717, 1.165) is 10.9 Å². The number of carbonyl (C=O) groups is 1. The number of carboxylic acids is 1. The Kier molecular flexibility index (Phi) is 3.66. The molecule has 0 aliphatic rings. The number of benzene rings is 2. The average molecular weight is 292 g/mol. The highest BCUT2D eigenvalue weighted by Crippen LogP contribution is 2.16. The Bertz CT molecular complexity index is 904. The number of rotatable bonds is 1. The Balaban J connectivity index is 0.000000139. The number of aromatic carboxylic acids is 1. The highest BCUT2D eigenvalue weighted by atomic mass is 16.4. The number of carboxylic acid groups (broad SMARTS) is 1. The Hall–Kier alpha value is -3.01. The molecule has 0 saturated carbocycles. The molecule has 4 nitrogen and oxygen atoms in total. The fraction of sp³-hybridized carbons (Fsp3) is 0.0556. The fourth-order valence-electron chi connectivity index (χ4n) is 2.41. The first-order valence-electron chi connectivity index (χ1n) is 6.95. The van der Waals surface area contributed by atoms with Crippen LogP contribution in [0.3, 0.4) is 0 Å². The molecule has 0 aliphatic carbocycles. The minimum absolute atomic E-state index is 0.332. The molecule has 0 radical (unpaired) electrons. The van der Waals surface area contributed by atoms with Crippen LogP contribution in [-0.2, 0) is 7.05 Å². The highest BCUT2D eigenvalue weighted by molar-refractivity contribution is 5.93. The summed E-state index contributed by atoms with van der Waals surface area (Å²) < 4.78 is 1.96. The summed E-state index contributed by atoms with van der Waals surface area (Å²) >= 11 is 0. The zero-order valence-electron chi connectivity index (χ0n) is 12.2. The molecule has 0 atom stereocenters. The smallest absolute Gasteiger partial charge is 0.335 e. The number of hydrogen-bond donors (Lipinski definition) is 2. The van der Waals surface area contributed by atoms with Crippen molar-refractivity contribution in [1.29, 1.82) is 0 Å². The number of fused-ring (bicyclic) bond motifs is 2. The molecule has 0 unspecified atom stereocenters. The lowest BCUT2D eigenvalue weighted by atomic mass is 10.1. The van der Waals surface area contributed by atoms with E-state index in [2.05, 4.69) is 23.2 Å². The van der Waals surface area contributed by atoms with Crippen molar-refractivity contribution in [3.05, 3.63) is 72.6 Å². The normalized spacial score (nSPS) is 10.4. The maximum absolute atomic E-state index is 10.6. The summed E-state index contributed by atoms with van der Waals surface area (Å²) in [6.45, 7) is 0. The predicted octanol–water partition coefficient (Wildman–Crippen LogP) is 4.04. The molecule has 4 aromatic rings. The largest absolute Gasteiger partial charge is 0.478 e. The van der Waals surface area contributed by atoms with E-state index in [1.807, 2.05) is 48.3 Å². The summed E-state index contributed by atoms with van der Waals surface area (Å²) in [5.41, 5.74) is 2.58. The van der Waals surface area contributed by atoms with Gasteiger partial charge in [-0.15, -0.1) is 0 Å². The Morgan fingerprint density at radius 1 is 1.05 bits per heavy atom. The summed E-state index contributed by atoms with van der Waals surface area (Å²) in [4.78, 5) is 13.8. The quantitative estimate of drug-likeness (QED) is 0.556. The van der Waals surface area contributed by atoms with Gasteiger partial charge in [0.1, 0.15) is 0 Å². The molecule has 0 fully saturated rings. The third-order valence-corrected chi connectivity index (χ3v) is 3.59. The Labute approximate surface area is 127 Å². The number of aryl methyl sites for hydroxylation is 1. The number of aromatic nitrogens is 2. The van der Waals surface area contributed by atoms with Gasteiger partial charge in [0.25, 0.3) is 0 Å². The van der Waals surface area contributed by atoms with E-state index < -0.39 is 5.97 Å². The van der Waals surface area contributed by atoms with Gasteiger partial charge >= 0.3 is 5.97 Å². The average Bonchev–Trinajstić information content (AvgIpc) is 3.14. The van der Waals surface area contributed by atoms with Gasteiger partial charge in [-0.25, -0.2) is 4.79 Å². The molecule has 2 aromatic carbocycles. The summed E-state index contributed by atoms with van der Waals surface area (Å²) in [6.07, 6.45) is 3.86. The number of aromatic amines is 1. The second kappa shape index (κ2) is 5.77. The second-order valence-electron chi connectivity index (χ2n) is 5.07. The van der Waals surface area contributed by atoms with Crippen molar-refractivity contribution in [3.8, 4) is 0 Å². The van der Waals surface area contributed by atoms with Crippen molar-refractivity contribution in [1.82, 2.24) is 9.55 Å². The molecular weight excluding hydrogens is 276 g/mol. The van der Waals surface area contributed by atoms with Gasteiger partial charge in [-0.3, -0.25) is 0 Å². The first-order valence-corrected chi connectivity index (χ1v) is 6.95. The van der Waals surface area contributed by atoms with Gasteiger partial charge in [0.2, 0.25) is 0 Å². The molecule has 0 aliphatic heterocycles. The van der Waals surface area contributed by atoms with Gasteiger partial charge < -0.3 is 14.7 Å². The van der Waals surface area contributed by atoms with Crippen LogP contribution in [0.25, 0.3) is 21.8 Å². The Morgan fingerprint density at radius 2 is 1.86 bits per heavy atom. The number of H-pyrrole nitrogens is 1. The molecule has 2 heterocycles. The number of hydrogen-bond acceptors (Lipinski definition) is 1. The van der Waals surface area contributed by atoms with Crippen molar-refractivity contribution in [3.63, 3.8) is 0 Å². The summed E-state index contributed by atoms with van der Waals surface area (Å²) in [6, 6.07) is 17.3. The molecule has 110 valence electrons. The SMILES string of the molecule is Cn1ccc2cc(C(=O)O)ccc21.c1ccc2[nH]ccc2c1. The van der Waals surface area contributed by atoms with Crippen LogP contribution in [0, 0.1) is 0 Å². The molecule has 4 rings (SSSR count). The molecule has 22 heavy (non-hydrogen) atoms. The molecule has 0 amide bonds. The van der Waals surface area contributed by atoms with Crippen LogP contribution < -0.4 is 0 Å². The molecule has 2 aromatic heterocycles. The lowest BCUT2D eigenvalue weighted by molar-refractivity contribution is 0.0697. The number of nitrogens with one attached hydrogen (secondary N) is 1. The highest BCUT2D eigenvalue weighted by Gasteiger charge is 2.04. The van der Waals surface area contributed by atoms with Crippen LogP contribution in [0.1, 0.15) is 10.4 Å². The van der Waals surface area contributed by atoms with E-state index >= 15 is 0 Å². The van der Waals surface area contributed by atoms with Crippen LogP contribution in [0.4, 0.5) is 0 Å². The van der Waals surface area contributed by atoms with Crippen molar-refractivity contribution >= 4 is 27.8 Å². The third kappa shape index (κ3) is 2.72. The van der Waals surface area contributed by atoms with Crippen LogP contribution >= 0.6 is 0 Å². The number of nitrogens with zero attached hydrogens (tertiary/aromatic N) is 1. The van der Waals surface area contributed by atoms with E-state index in [4.69, 9.17) is 5.11 Å². The van der Waals surface area contributed by atoms with Gasteiger partial charge in [-0.1, -0.05) is 18.2 Å². The van der Waals surface area contributed by atoms with Gasteiger partial charge in [-0.2, -0.15) is 0 Å². The summed E-state index contributed by atoms with van der Waals surface area (Å²) in [7, 11) is 1.93. The second-order valence-corrected chi connectivity index (χ2v) is 5.07. The van der Waals surface area contributed by atoms with Crippen molar-refractivity contribution in [2.75, 3.05) is 0 Å². The van der Waals surface area contributed by atoms with E-state index in [0.29, 0.717) is 5.56 Å². The van der Waals surface area contributed by atoms with Crippen LogP contribution in [0.5, 0.6) is 0 Å². The third-order valence-electron chi connectivity index (χ3n) is 3.59. The standard InChI is InChI=1S/C10H9NO2.C8H7N/c1-11-5-4-7-6-8(10(12)13)2-3-9(7)11;1-2-4-8-7(3-1)5-6-9-8/h2-6H,1H3,(H,12,13);1-6,9H. The predicted molar refractivity (Wildman–Crippen MR) is 88.2 cm³/mol. The van der Waals surface area contributed by atoms with E-state index in [1.54, 1.807) is 12.1 Å². The maximum Gasteiger partial charge on any atom is 0.335 e. The number of para-hydroxylation sites is 1. The minimum Gasteiger partial charge on any atom is -0.478 e. The topological polar surface area (TPSA) is 58.0 Å².